The highest BCUT2D eigenvalue weighted by atomic mass is 19.4. The van der Waals surface area contributed by atoms with Gasteiger partial charge in [0.1, 0.15) is 5.75 Å². The summed E-state index contributed by atoms with van der Waals surface area (Å²) in [7, 11) is 0. The number of halogens is 3. The second kappa shape index (κ2) is 6.04. The van der Waals surface area contributed by atoms with Crippen molar-refractivity contribution in [2.45, 2.75) is 19.7 Å². The second-order valence-corrected chi connectivity index (χ2v) is 4.56. The molecule has 2 aromatic carbocycles. The molecule has 110 valence electrons. The van der Waals surface area contributed by atoms with E-state index < -0.39 is 6.36 Å². The molecule has 4 heteroatoms. The smallest absolute Gasteiger partial charge is 0.405 e. The van der Waals surface area contributed by atoms with E-state index in [1.807, 2.05) is 19.1 Å². The van der Waals surface area contributed by atoms with E-state index in [1.165, 1.54) is 12.1 Å². The quantitative estimate of drug-likeness (QED) is 0.727. The van der Waals surface area contributed by atoms with Crippen LogP contribution in [0.1, 0.15) is 18.1 Å². The van der Waals surface area contributed by atoms with Gasteiger partial charge in [0, 0.05) is 5.56 Å². The van der Waals surface area contributed by atoms with Crippen LogP contribution in [0.15, 0.2) is 49.0 Å². The van der Waals surface area contributed by atoms with Crippen LogP contribution in [0.4, 0.5) is 13.2 Å². The lowest BCUT2D eigenvalue weighted by Gasteiger charge is -2.14. The summed E-state index contributed by atoms with van der Waals surface area (Å²) in [6.07, 6.45) is -2.26. The Bertz CT molecular complexity index is 627. The third-order valence-electron chi connectivity index (χ3n) is 3.14. The van der Waals surface area contributed by atoms with Gasteiger partial charge in [-0.1, -0.05) is 49.9 Å². The van der Waals surface area contributed by atoms with Crippen molar-refractivity contribution in [3.63, 3.8) is 0 Å². The van der Waals surface area contributed by atoms with Gasteiger partial charge in [-0.3, -0.25) is 0 Å². The van der Waals surface area contributed by atoms with Crippen LogP contribution in [0.2, 0.25) is 0 Å². The van der Waals surface area contributed by atoms with Gasteiger partial charge in [0.15, 0.2) is 0 Å². The number of hydrogen-bond donors (Lipinski definition) is 0. The molecular weight excluding hydrogens is 277 g/mol. The molecule has 0 bridgehead atoms. The molecule has 0 aromatic heterocycles. The Morgan fingerprint density at radius 2 is 1.76 bits per heavy atom. The molecule has 0 radical (unpaired) electrons. The Balaban J connectivity index is 2.49. The van der Waals surface area contributed by atoms with E-state index >= 15 is 0 Å². The Morgan fingerprint density at radius 1 is 1.10 bits per heavy atom. The van der Waals surface area contributed by atoms with E-state index in [4.69, 9.17) is 0 Å². The maximum absolute atomic E-state index is 12.5. The van der Waals surface area contributed by atoms with Crippen molar-refractivity contribution in [2.24, 2.45) is 0 Å². The van der Waals surface area contributed by atoms with Crippen LogP contribution in [0.5, 0.6) is 5.75 Å². The highest BCUT2D eigenvalue weighted by molar-refractivity contribution is 5.73. The van der Waals surface area contributed by atoms with Gasteiger partial charge >= 0.3 is 6.36 Å². The summed E-state index contributed by atoms with van der Waals surface area (Å²) in [6, 6.07) is 11.9. The number of ether oxygens (including phenoxy) is 1. The van der Waals surface area contributed by atoms with Crippen LogP contribution < -0.4 is 4.74 Å². The molecule has 0 N–H and O–H groups in total. The SMILES string of the molecule is C=Cc1ccc(OC(F)(F)F)c(-c2ccc(CC)cc2)c1. The molecule has 21 heavy (non-hydrogen) atoms. The molecule has 0 aliphatic heterocycles. The molecule has 0 unspecified atom stereocenters. The molecule has 0 atom stereocenters. The first-order valence-electron chi connectivity index (χ1n) is 6.54. The van der Waals surface area contributed by atoms with Crippen molar-refractivity contribution in [3.05, 3.63) is 60.2 Å². The molecule has 0 amide bonds. The fourth-order valence-electron chi connectivity index (χ4n) is 2.03. The zero-order chi connectivity index (χ0) is 15.5. The minimum atomic E-state index is -4.71. The van der Waals surface area contributed by atoms with E-state index in [0.717, 1.165) is 17.5 Å². The molecule has 2 rings (SSSR count). The molecule has 0 heterocycles. The molecule has 0 saturated carbocycles. The minimum absolute atomic E-state index is 0.211. The third-order valence-corrected chi connectivity index (χ3v) is 3.14. The van der Waals surface area contributed by atoms with E-state index in [0.29, 0.717) is 11.1 Å². The zero-order valence-corrected chi connectivity index (χ0v) is 11.6. The first-order chi connectivity index (χ1) is 9.93. The van der Waals surface area contributed by atoms with Crippen molar-refractivity contribution in [3.8, 4) is 16.9 Å². The Hall–Kier alpha value is -2.23. The fourth-order valence-corrected chi connectivity index (χ4v) is 2.03. The lowest BCUT2D eigenvalue weighted by atomic mass is 10.00. The standard InChI is InChI=1S/C17H15F3O/c1-3-12-5-8-14(9-6-12)15-11-13(4-2)7-10-16(15)21-17(18,19)20/h4-11H,2-3H2,1H3. The molecular formula is C17H15F3O. The van der Waals surface area contributed by atoms with Gasteiger partial charge < -0.3 is 4.74 Å². The number of rotatable bonds is 4. The second-order valence-electron chi connectivity index (χ2n) is 4.56. The van der Waals surface area contributed by atoms with Crippen LogP contribution in [0.3, 0.4) is 0 Å². The summed E-state index contributed by atoms with van der Waals surface area (Å²) in [6.45, 7) is 5.65. The van der Waals surface area contributed by atoms with Crippen LogP contribution >= 0.6 is 0 Å². The van der Waals surface area contributed by atoms with Crippen LogP contribution in [-0.2, 0) is 6.42 Å². The minimum Gasteiger partial charge on any atom is -0.405 e. The Labute approximate surface area is 121 Å². The number of alkyl halides is 3. The molecule has 1 nitrogen and oxygen atoms in total. The van der Waals surface area contributed by atoms with E-state index in [-0.39, 0.29) is 5.75 Å². The van der Waals surface area contributed by atoms with Gasteiger partial charge in [0.2, 0.25) is 0 Å². The average molecular weight is 292 g/mol. The van der Waals surface area contributed by atoms with Gasteiger partial charge in [0.05, 0.1) is 0 Å². The molecule has 0 aliphatic rings. The summed E-state index contributed by atoms with van der Waals surface area (Å²) >= 11 is 0. The van der Waals surface area contributed by atoms with Crippen LogP contribution in [0.25, 0.3) is 17.2 Å². The summed E-state index contributed by atoms with van der Waals surface area (Å²) < 4.78 is 41.6. The molecule has 2 aromatic rings. The number of benzene rings is 2. The normalized spacial score (nSPS) is 11.2. The van der Waals surface area contributed by atoms with Gasteiger partial charge in [-0.15, -0.1) is 13.2 Å². The maximum Gasteiger partial charge on any atom is 0.573 e. The first-order valence-corrected chi connectivity index (χ1v) is 6.54. The highest BCUT2D eigenvalue weighted by Crippen LogP contribution is 2.35. The zero-order valence-electron chi connectivity index (χ0n) is 11.6. The summed E-state index contributed by atoms with van der Waals surface area (Å²) in [5.74, 6) is -0.211. The fraction of sp³-hybridized carbons (Fsp3) is 0.176. The topological polar surface area (TPSA) is 9.23 Å². The monoisotopic (exact) mass is 292 g/mol. The van der Waals surface area contributed by atoms with Gasteiger partial charge in [-0.25, -0.2) is 0 Å². The lowest BCUT2D eigenvalue weighted by Crippen LogP contribution is -2.17. The molecule has 0 saturated heterocycles. The van der Waals surface area contributed by atoms with Crippen molar-refractivity contribution in [1.29, 1.82) is 0 Å². The lowest BCUT2D eigenvalue weighted by molar-refractivity contribution is -0.274. The maximum atomic E-state index is 12.5. The number of aryl methyl sites for hydroxylation is 1. The Kier molecular flexibility index (Phi) is 4.36. The molecule has 0 spiro atoms. The first kappa shape index (κ1) is 15.2. The summed E-state index contributed by atoms with van der Waals surface area (Å²) in [4.78, 5) is 0. The molecule has 0 aliphatic carbocycles. The van der Waals surface area contributed by atoms with Crippen molar-refractivity contribution >= 4 is 6.08 Å². The summed E-state index contributed by atoms with van der Waals surface area (Å²) in [5, 5.41) is 0. The van der Waals surface area contributed by atoms with Crippen molar-refractivity contribution in [2.75, 3.05) is 0 Å². The van der Waals surface area contributed by atoms with Gasteiger partial charge in [-0.05, 0) is 35.2 Å². The van der Waals surface area contributed by atoms with Crippen molar-refractivity contribution < 1.29 is 17.9 Å². The molecule has 0 fully saturated rings. The highest BCUT2D eigenvalue weighted by Gasteiger charge is 2.32. The largest absolute Gasteiger partial charge is 0.573 e. The van der Waals surface area contributed by atoms with Crippen molar-refractivity contribution in [1.82, 2.24) is 0 Å². The van der Waals surface area contributed by atoms with Gasteiger partial charge in [0.25, 0.3) is 0 Å². The van der Waals surface area contributed by atoms with E-state index in [9.17, 15) is 13.2 Å². The van der Waals surface area contributed by atoms with Crippen LogP contribution in [-0.4, -0.2) is 6.36 Å². The summed E-state index contributed by atoms with van der Waals surface area (Å²) in [5.41, 5.74) is 2.93. The predicted molar refractivity (Wildman–Crippen MR) is 78.0 cm³/mol. The Morgan fingerprint density at radius 3 is 2.29 bits per heavy atom. The average Bonchev–Trinajstić information content (AvgIpc) is 2.46. The van der Waals surface area contributed by atoms with Gasteiger partial charge in [-0.2, -0.15) is 0 Å². The third kappa shape index (κ3) is 3.88. The predicted octanol–water partition coefficient (Wildman–Crippen LogP) is 5.46. The van der Waals surface area contributed by atoms with Crippen LogP contribution in [0, 0.1) is 0 Å². The van der Waals surface area contributed by atoms with E-state index in [2.05, 4.69) is 11.3 Å². The van der Waals surface area contributed by atoms with E-state index in [1.54, 1.807) is 24.3 Å². The number of hydrogen-bond acceptors (Lipinski definition) is 1.